The SMILES string of the molecule is O=S(=O)(C1CC1)N1CCO[C@@H]2C[C@H](COc3ccccn3)C[C@@H]21. The molecule has 6 nitrogen and oxygen atoms in total. The third-order valence-electron chi connectivity index (χ3n) is 4.96. The van der Waals surface area contributed by atoms with Gasteiger partial charge in [0.05, 0.1) is 30.6 Å². The van der Waals surface area contributed by atoms with Gasteiger partial charge in [0.2, 0.25) is 15.9 Å². The molecule has 2 heterocycles. The molecule has 3 fully saturated rings. The smallest absolute Gasteiger partial charge is 0.217 e. The molecule has 0 spiro atoms. The molecule has 0 radical (unpaired) electrons. The summed E-state index contributed by atoms with van der Waals surface area (Å²) in [6.07, 6.45) is 5.00. The maximum atomic E-state index is 12.6. The number of fused-ring (bicyclic) bond motifs is 1. The second kappa shape index (κ2) is 6.03. The minimum Gasteiger partial charge on any atom is -0.477 e. The van der Waals surface area contributed by atoms with E-state index in [2.05, 4.69) is 4.98 Å². The third kappa shape index (κ3) is 3.09. The molecular weight excluding hydrogens is 316 g/mol. The Bertz CT molecular complexity index is 647. The van der Waals surface area contributed by atoms with Crippen molar-refractivity contribution in [1.29, 1.82) is 0 Å². The van der Waals surface area contributed by atoms with Crippen LogP contribution in [0.15, 0.2) is 24.4 Å². The van der Waals surface area contributed by atoms with Crippen molar-refractivity contribution in [3.05, 3.63) is 24.4 Å². The molecule has 3 aliphatic rings. The highest BCUT2D eigenvalue weighted by Gasteiger charge is 2.49. The van der Waals surface area contributed by atoms with Gasteiger partial charge in [0.25, 0.3) is 0 Å². The summed E-state index contributed by atoms with van der Waals surface area (Å²) in [6, 6.07) is 5.56. The van der Waals surface area contributed by atoms with Gasteiger partial charge >= 0.3 is 0 Å². The number of ether oxygens (including phenoxy) is 2. The van der Waals surface area contributed by atoms with Crippen molar-refractivity contribution in [1.82, 2.24) is 9.29 Å². The Morgan fingerprint density at radius 1 is 1.30 bits per heavy atom. The lowest BCUT2D eigenvalue weighted by molar-refractivity contribution is -0.0249. The standard InChI is InChI=1S/C16H22N2O4S/c19-23(20,13-4-5-13)18-7-8-21-15-10-12(9-14(15)18)11-22-16-3-1-2-6-17-16/h1-3,6,12-15H,4-5,7-11H2/t12-,14+,15-/m1/s1. The average Bonchev–Trinajstić information content (AvgIpc) is 3.34. The monoisotopic (exact) mass is 338 g/mol. The van der Waals surface area contributed by atoms with E-state index in [0.717, 1.165) is 25.7 Å². The summed E-state index contributed by atoms with van der Waals surface area (Å²) in [5.41, 5.74) is 0. The zero-order chi connectivity index (χ0) is 15.9. The van der Waals surface area contributed by atoms with Crippen molar-refractivity contribution in [2.75, 3.05) is 19.8 Å². The van der Waals surface area contributed by atoms with Crippen LogP contribution in [0.4, 0.5) is 0 Å². The van der Waals surface area contributed by atoms with Gasteiger partial charge < -0.3 is 9.47 Å². The van der Waals surface area contributed by atoms with Crippen LogP contribution in [0, 0.1) is 5.92 Å². The molecule has 1 aliphatic heterocycles. The molecule has 0 bridgehead atoms. The van der Waals surface area contributed by atoms with Crippen LogP contribution in [0.25, 0.3) is 0 Å². The molecule has 7 heteroatoms. The summed E-state index contributed by atoms with van der Waals surface area (Å²) >= 11 is 0. The summed E-state index contributed by atoms with van der Waals surface area (Å²) in [7, 11) is -3.13. The van der Waals surface area contributed by atoms with Crippen LogP contribution >= 0.6 is 0 Å². The molecule has 4 rings (SSSR count). The minimum atomic E-state index is -3.13. The number of sulfonamides is 1. The second-order valence-electron chi connectivity index (χ2n) is 6.65. The quantitative estimate of drug-likeness (QED) is 0.812. The summed E-state index contributed by atoms with van der Waals surface area (Å²) in [4.78, 5) is 4.16. The number of hydrogen-bond acceptors (Lipinski definition) is 5. The zero-order valence-electron chi connectivity index (χ0n) is 13.0. The molecule has 0 unspecified atom stereocenters. The number of morpholine rings is 1. The fraction of sp³-hybridized carbons (Fsp3) is 0.688. The van der Waals surface area contributed by atoms with Crippen LogP contribution in [0.3, 0.4) is 0 Å². The van der Waals surface area contributed by atoms with Crippen LogP contribution < -0.4 is 4.74 Å². The summed E-state index contributed by atoms with van der Waals surface area (Å²) in [5, 5.41) is -0.148. The molecule has 23 heavy (non-hydrogen) atoms. The largest absolute Gasteiger partial charge is 0.477 e. The van der Waals surface area contributed by atoms with E-state index in [9.17, 15) is 8.42 Å². The van der Waals surface area contributed by atoms with E-state index in [1.165, 1.54) is 0 Å². The lowest BCUT2D eigenvalue weighted by Gasteiger charge is -2.36. The molecule has 126 valence electrons. The average molecular weight is 338 g/mol. The Morgan fingerprint density at radius 3 is 2.91 bits per heavy atom. The molecule has 0 amide bonds. The first-order valence-corrected chi connectivity index (χ1v) is 9.81. The normalized spacial score (nSPS) is 31.7. The molecule has 3 atom stereocenters. The molecule has 0 N–H and O–H groups in total. The van der Waals surface area contributed by atoms with Gasteiger partial charge in [-0.3, -0.25) is 0 Å². The van der Waals surface area contributed by atoms with Gasteiger partial charge in [-0.15, -0.1) is 0 Å². The van der Waals surface area contributed by atoms with E-state index >= 15 is 0 Å². The predicted molar refractivity (Wildman–Crippen MR) is 84.6 cm³/mol. The molecule has 1 saturated heterocycles. The lowest BCUT2D eigenvalue weighted by Crippen LogP contribution is -2.52. The van der Waals surface area contributed by atoms with Crippen molar-refractivity contribution in [2.45, 2.75) is 43.1 Å². The first kappa shape index (κ1) is 15.4. The highest BCUT2D eigenvalue weighted by Crippen LogP contribution is 2.40. The third-order valence-corrected chi connectivity index (χ3v) is 7.38. The van der Waals surface area contributed by atoms with Crippen LogP contribution in [-0.2, 0) is 14.8 Å². The van der Waals surface area contributed by atoms with E-state index < -0.39 is 10.0 Å². The van der Waals surface area contributed by atoms with Gasteiger partial charge in [0, 0.05) is 18.8 Å². The van der Waals surface area contributed by atoms with E-state index in [0.29, 0.717) is 31.6 Å². The van der Waals surface area contributed by atoms with Crippen molar-refractivity contribution < 1.29 is 17.9 Å². The highest BCUT2D eigenvalue weighted by molar-refractivity contribution is 7.90. The molecule has 2 aliphatic carbocycles. The first-order chi connectivity index (χ1) is 11.1. The Labute approximate surface area is 136 Å². The fourth-order valence-corrected chi connectivity index (χ4v) is 5.71. The number of rotatable bonds is 5. The van der Waals surface area contributed by atoms with Crippen LogP contribution in [-0.4, -0.2) is 54.9 Å². The van der Waals surface area contributed by atoms with Crippen LogP contribution in [0.1, 0.15) is 25.7 Å². The van der Waals surface area contributed by atoms with Gasteiger partial charge in [0.1, 0.15) is 0 Å². The Balaban J connectivity index is 1.41. The topological polar surface area (TPSA) is 68.7 Å². The predicted octanol–water partition coefficient (Wildman–Crippen LogP) is 1.43. The number of hydrogen-bond donors (Lipinski definition) is 0. The van der Waals surface area contributed by atoms with Gasteiger partial charge in [-0.2, -0.15) is 4.31 Å². The first-order valence-electron chi connectivity index (χ1n) is 8.30. The highest BCUT2D eigenvalue weighted by atomic mass is 32.2. The number of pyridine rings is 1. The van der Waals surface area contributed by atoms with E-state index in [4.69, 9.17) is 9.47 Å². The Morgan fingerprint density at radius 2 is 2.17 bits per heavy atom. The maximum Gasteiger partial charge on any atom is 0.217 e. The minimum absolute atomic E-state index is 0.00890. The molecule has 1 aromatic rings. The summed E-state index contributed by atoms with van der Waals surface area (Å²) in [5.74, 6) is 0.924. The molecule has 1 aromatic heterocycles. The van der Waals surface area contributed by atoms with Crippen molar-refractivity contribution in [2.24, 2.45) is 5.92 Å². The number of nitrogens with zero attached hydrogens (tertiary/aromatic N) is 2. The molecular formula is C16H22N2O4S. The van der Waals surface area contributed by atoms with Gasteiger partial charge in [-0.1, -0.05) is 6.07 Å². The maximum absolute atomic E-state index is 12.6. The van der Waals surface area contributed by atoms with Gasteiger partial charge in [0.15, 0.2) is 0 Å². The fourth-order valence-electron chi connectivity index (χ4n) is 3.66. The van der Waals surface area contributed by atoms with E-state index in [-0.39, 0.29) is 17.4 Å². The van der Waals surface area contributed by atoms with E-state index in [1.807, 2.05) is 18.2 Å². The van der Waals surface area contributed by atoms with Gasteiger partial charge in [-0.05, 0) is 37.7 Å². The Hall–Kier alpha value is -1.18. The number of aromatic nitrogens is 1. The molecule has 2 saturated carbocycles. The Kier molecular flexibility index (Phi) is 4.03. The second-order valence-corrected chi connectivity index (χ2v) is 8.81. The van der Waals surface area contributed by atoms with Crippen molar-refractivity contribution >= 4 is 10.0 Å². The summed E-state index contributed by atoms with van der Waals surface area (Å²) < 4.78 is 38.5. The van der Waals surface area contributed by atoms with Crippen molar-refractivity contribution in [3.8, 4) is 5.88 Å². The zero-order valence-corrected chi connectivity index (χ0v) is 13.8. The molecule has 0 aromatic carbocycles. The van der Waals surface area contributed by atoms with Crippen LogP contribution in [0.5, 0.6) is 5.88 Å². The summed E-state index contributed by atoms with van der Waals surface area (Å²) in [6.45, 7) is 1.56. The van der Waals surface area contributed by atoms with Gasteiger partial charge in [-0.25, -0.2) is 13.4 Å². The van der Waals surface area contributed by atoms with E-state index in [1.54, 1.807) is 10.5 Å². The van der Waals surface area contributed by atoms with Crippen LogP contribution in [0.2, 0.25) is 0 Å². The lowest BCUT2D eigenvalue weighted by atomic mass is 10.1. The van der Waals surface area contributed by atoms with Crippen molar-refractivity contribution in [3.63, 3.8) is 0 Å².